The van der Waals surface area contributed by atoms with E-state index < -0.39 is 12.0 Å². The van der Waals surface area contributed by atoms with Gasteiger partial charge in [-0.25, -0.2) is 9.78 Å². The number of hydrogen-bond donors (Lipinski definition) is 1. The van der Waals surface area contributed by atoms with Gasteiger partial charge in [-0.3, -0.25) is 4.79 Å². The molecule has 0 saturated carbocycles. The standard InChI is InChI=1S/C26H22N2O3/c1-17-10-9-15-20-21(16-22(27-23(17)20)18-11-5-3-6-12-18)25(29)28-24(26(30)31-2)19-13-7-4-8-14-19/h3-16,24H,1-2H3,(H,28,29). The van der Waals surface area contributed by atoms with Crippen molar-refractivity contribution in [1.82, 2.24) is 10.3 Å². The molecule has 0 aliphatic carbocycles. The number of pyridine rings is 1. The molecular formula is C26H22N2O3. The Labute approximate surface area is 180 Å². The van der Waals surface area contributed by atoms with E-state index in [1.54, 1.807) is 18.2 Å². The minimum atomic E-state index is -0.910. The second kappa shape index (κ2) is 8.79. The first-order valence-corrected chi connectivity index (χ1v) is 9.98. The number of para-hydroxylation sites is 1. The lowest BCUT2D eigenvalue weighted by atomic mass is 10.0. The van der Waals surface area contributed by atoms with E-state index in [2.05, 4.69) is 5.32 Å². The summed E-state index contributed by atoms with van der Waals surface area (Å²) in [5.41, 5.74) is 4.44. The van der Waals surface area contributed by atoms with Crippen molar-refractivity contribution in [3.63, 3.8) is 0 Å². The Morgan fingerprint density at radius 1 is 0.903 bits per heavy atom. The molecule has 1 heterocycles. The zero-order valence-electron chi connectivity index (χ0n) is 17.3. The van der Waals surface area contributed by atoms with Crippen molar-refractivity contribution < 1.29 is 14.3 Å². The van der Waals surface area contributed by atoms with Gasteiger partial charge in [0.1, 0.15) is 0 Å². The number of rotatable bonds is 5. The van der Waals surface area contributed by atoms with Crippen molar-refractivity contribution in [2.24, 2.45) is 0 Å². The van der Waals surface area contributed by atoms with Crippen molar-refractivity contribution >= 4 is 22.8 Å². The maximum atomic E-state index is 13.4. The van der Waals surface area contributed by atoms with Crippen LogP contribution < -0.4 is 5.32 Å². The molecule has 0 spiro atoms. The van der Waals surface area contributed by atoms with Crippen LogP contribution in [0.25, 0.3) is 22.2 Å². The van der Waals surface area contributed by atoms with E-state index in [1.165, 1.54) is 7.11 Å². The van der Waals surface area contributed by atoms with Crippen molar-refractivity contribution in [2.75, 3.05) is 7.11 Å². The number of fused-ring (bicyclic) bond motifs is 1. The first-order valence-electron chi connectivity index (χ1n) is 9.98. The van der Waals surface area contributed by atoms with Crippen LogP contribution in [0.3, 0.4) is 0 Å². The van der Waals surface area contributed by atoms with Crippen LogP contribution >= 0.6 is 0 Å². The number of methoxy groups -OCH3 is 1. The van der Waals surface area contributed by atoms with Gasteiger partial charge >= 0.3 is 5.97 Å². The maximum Gasteiger partial charge on any atom is 0.333 e. The number of esters is 1. The largest absolute Gasteiger partial charge is 0.467 e. The summed E-state index contributed by atoms with van der Waals surface area (Å²) < 4.78 is 4.94. The predicted molar refractivity (Wildman–Crippen MR) is 121 cm³/mol. The zero-order valence-corrected chi connectivity index (χ0v) is 17.3. The molecule has 0 radical (unpaired) electrons. The van der Waals surface area contributed by atoms with E-state index in [1.807, 2.05) is 73.7 Å². The number of amides is 1. The number of aryl methyl sites for hydroxylation is 1. The monoisotopic (exact) mass is 410 g/mol. The lowest BCUT2D eigenvalue weighted by Crippen LogP contribution is -2.34. The molecule has 5 heteroatoms. The van der Waals surface area contributed by atoms with E-state index in [0.29, 0.717) is 16.8 Å². The molecule has 0 aliphatic heterocycles. The second-order valence-electron chi connectivity index (χ2n) is 7.23. The lowest BCUT2D eigenvalue weighted by Gasteiger charge is -2.18. The summed E-state index contributed by atoms with van der Waals surface area (Å²) in [4.78, 5) is 30.7. The van der Waals surface area contributed by atoms with Crippen molar-refractivity contribution in [3.05, 3.63) is 102 Å². The fourth-order valence-corrected chi connectivity index (χ4v) is 3.59. The second-order valence-corrected chi connectivity index (χ2v) is 7.23. The summed E-state index contributed by atoms with van der Waals surface area (Å²) in [6.07, 6.45) is 0. The molecule has 0 aliphatic rings. The lowest BCUT2D eigenvalue weighted by molar-refractivity contribution is -0.143. The van der Waals surface area contributed by atoms with E-state index in [4.69, 9.17) is 9.72 Å². The number of hydrogen-bond acceptors (Lipinski definition) is 4. The van der Waals surface area contributed by atoms with Gasteiger partial charge in [0.25, 0.3) is 5.91 Å². The van der Waals surface area contributed by atoms with Crippen LogP contribution in [0.2, 0.25) is 0 Å². The Hall–Kier alpha value is -3.99. The predicted octanol–water partition coefficient (Wildman–Crippen LogP) is 4.85. The van der Waals surface area contributed by atoms with Gasteiger partial charge in [0, 0.05) is 10.9 Å². The Morgan fingerprint density at radius 3 is 2.26 bits per heavy atom. The molecule has 154 valence electrons. The molecule has 5 nitrogen and oxygen atoms in total. The molecule has 1 aromatic heterocycles. The van der Waals surface area contributed by atoms with Gasteiger partial charge in [0.05, 0.1) is 23.9 Å². The molecule has 0 bridgehead atoms. The van der Waals surface area contributed by atoms with Crippen LogP contribution in [0.4, 0.5) is 0 Å². The fraction of sp³-hybridized carbons (Fsp3) is 0.115. The Bertz CT molecular complexity index is 1240. The van der Waals surface area contributed by atoms with Crippen LogP contribution in [-0.2, 0) is 9.53 Å². The minimum Gasteiger partial charge on any atom is -0.467 e. The van der Waals surface area contributed by atoms with Crippen LogP contribution in [0.15, 0.2) is 84.9 Å². The van der Waals surface area contributed by atoms with Gasteiger partial charge in [-0.05, 0) is 24.1 Å². The molecule has 3 aromatic carbocycles. The minimum absolute atomic E-state index is 0.366. The zero-order chi connectivity index (χ0) is 21.8. The third-order valence-corrected chi connectivity index (χ3v) is 5.20. The molecule has 4 aromatic rings. The highest BCUT2D eigenvalue weighted by Crippen LogP contribution is 2.27. The quantitative estimate of drug-likeness (QED) is 0.478. The average molecular weight is 410 g/mol. The van der Waals surface area contributed by atoms with Crippen LogP contribution in [0, 0.1) is 6.92 Å². The molecule has 1 unspecified atom stereocenters. The third-order valence-electron chi connectivity index (χ3n) is 5.20. The Balaban J connectivity index is 1.81. The van der Waals surface area contributed by atoms with Gasteiger partial charge < -0.3 is 10.1 Å². The Morgan fingerprint density at radius 2 is 1.58 bits per heavy atom. The number of carbonyl (C=O) groups is 2. The SMILES string of the molecule is COC(=O)C(NC(=O)c1cc(-c2ccccc2)nc2c(C)cccc12)c1ccccc1. The number of carbonyl (C=O) groups excluding carboxylic acids is 2. The molecule has 1 N–H and O–H groups in total. The number of nitrogens with one attached hydrogen (secondary N) is 1. The van der Waals surface area contributed by atoms with Gasteiger partial charge in [0.2, 0.25) is 0 Å². The number of ether oxygens (including phenoxy) is 1. The highest BCUT2D eigenvalue weighted by atomic mass is 16.5. The summed E-state index contributed by atoms with van der Waals surface area (Å²) in [5.74, 6) is -0.896. The number of aromatic nitrogens is 1. The van der Waals surface area contributed by atoms with Gasteiger partial charge in [0.15, 0.2) is 6.04 Å². The van der Waals surface area contributed by atoms with E-state index in [9.17, 15) is 9.59 Å². The highest BCUT2D eigenvalue weighted by molar-refractivity contribution is 6.08. The van der Waals surface area contributed by atoms with Crippen LogP contribution in [0.5, 0.6) is 0 Å². The summed E-state index contributed by atoms with van der Waals surface area (Å²) in [6, 6.07) is 25.3. The van der Waals surface area contributed by atoms with Gasteiger partial charge in [-0.15, -0.1) is 0 Å². The highest BCUT2D eigenvalue weighted by Gasteiger charge is 2.25. The number of nitrogens with zero attached hydrogens (tertiary/aromatic N) is 1. The van der Waals surface area contributed by atoms with Crippen molar-refractivity contribution in [2.45, 2.75) is 13.0 Å². The first kappa shape index (κ1) is 20.3. The average Bonchev–Trinajstić information content (AvgIpc) is 2.82. The summed E-state index contributed by atoms with van der Waals surface area (Å²) >= 11 is 0. The fourth-order valence-electron chi connectivity index (χ4n) is 3.59. The summed E-state index contributed by atoms with van der Waals surface area (Å²) in [5, 5.41) is 3.58. The van der Waals surface area contributed by atoms with Crippen molar-refractivity contribution in [3.8, 4) is 11.3 Å². The molecule has 4 rings (SSSR count). The van der Waals surface area contributed by atoms with Crippen LogP contribution in [-0.4, -0.2) is 24.0 Å². The molecule has 1 amide bonds. The van der Waals surface area contributed by atoms with Crippen molar-refractivity contribution in [1.29, 1.82) is 0 Å². The summed E-state index contributed by atoms with van der Waals surface area (Å²) in [7, 11) is 1.31. The van der Waals surface area contributed by atoms with Gasteiger partial charge in [-0.1, -0.05) is 78.9 Å². The van der Waals surface area contributed by atoms with E-state index in [-0.39, 0.29) is 5.91 Å². The topological polar surface area (TPSA) is 68.3 Å². The van der Waals surface area contributed by atoms with E-state index >= 15 is 0 Å². The normalized spacial score (nSPS) is 11.7. The first-order chi connectivity index (χ1) is 15.1. The molecule has 31 heavy (non-hydrogen) atoms. The van der Waals surface area contributed by atoms with Gasteiger partial charge in [-0.2, -0.15) is 0 Å². The smallest absolute Gasteiger partial charge is 0.333 e. The number of benzene rings is 3. The van der Waals surface area contributed by atoms with E-state index in [0.717, 1.165) is 22.0 Å². The molecule has 0 fully saturated rings. The molecular weight excluding hydrogens is 388 g/mol. The molecule has 0 saturated heterocycles. The molecule has 1 atom stereocenters. The maximum absolute atomic E-state index is 13.4. The van der Waals surface area contributed by atoms with Crippen LogP contribution in [0.1, 0.15) is 27.5 Å². The summed E-state index contributed by atoms with van der Waals surface area (Å²) in [6.45, 7) is 1.97. The third kappa shape index (κ3) is 4.16. The Kier molecular flexibility index (Phi) is 5.76.